The van der Waals surface area contributed by atoms with E-state index in [1.807, 2.05) is 0 Å². The van der Waals surface area contributed by atoms with Crippen molar-refractivity contribution in [3.8, 4) is 5.75 Å². The summed E-state index contributed by atoms with van der Waals surface area (Å²) in [6, 6.07) is 2.49. The van der Waals surface area contributed by atoms with Crippen molar-refractivity contribution in [2.45, 2.75) is 20.3 Å². The normalized spacial score (nSPS) is 11.9. The first-order valence-corrected chi connectivity index (χ1v) is 7.04. The van der Waals surface area contributed by atoms with Gasteiger partial charge in [-0.15, -0.1) is 0 Å². The second-order valence-corrected chi connectivity index (χ2v) is 4.95. The lowest BCUT2D eigenvalue weighted by Gasteiger charge is -2.18. The van der Waals surface area contributed by atoms with Gasteiger partial charge in [-0.05, 0) is 32.0 Å². The van der Waals surface area contributed by atoms with E-state index in [1.165, 1.54) is 0 Å². The van der Waals surface area contributed by atoms with Crippen molar-refractivity contribution in [1.29, 1.82) is 0 Å². The van der Waals surface area contributed by atoms with Gasteiger partial charge in [0, 0.05) is 0 Å². The molecule has 0 spiro atoms. The van der Waals surface area contributed by atoms with Gasteiger partial charge in [-0.2, -0.15) is 0 Å². The Morgan fingerprint density at radius 3 is 2.26 bits per heavy atom. The summed E-state index contributed by atoms with van der Waals surface area (Å²) in [5.74, 6) is -1.27. The molecule has 0 atom stereocenters. The summed E-state index contributed by atoms with van der Waals surface area (Å²) in [7, 11) is -3.98. The van der Waals surface area contributed by atoms with E-state index in [2.05, 4.69) is 0 Å². The predicted molar refractivity (Wildman–Crippen MR) is 62.8 cm³/mol. The van der Waals surface area contributed by atoms with Gasteiger partial charge in [0.1, 0.15) is 11.6 Å². The van der Waals surface area contributed by atoms with Gasteiger partial charge >= 0.3 is 7.82 Å². The van der Waals surface area contributed by atoms with Gasteiger partial charge in [0.25, 0.3) is 6.43 Å². The van der Waals surface area contributed by atoms with Crippen LogP contribution in [-0.2, 0) is 13.6 Å². The molecule has 0 fully saturated rings. The minimum absolute atomic E-state index is 0.0164. The van der Waals surface area contributed by atoms with Crippen molar-refractivity contribution in [2.75, 3.05) is 13.2 Å². The van der Waals surface area contributed by atoms with Crippen LogP contribution in [0, 0.1) is 5.82 Å². The quantitative estimate of drug-likeness (QED) is 0.703. The van der Waals surface area contributed by atoms with E-state index in [0.29, 0.717) is 6.07 Å². The van der Waals surface area contributed by atoms with Gasteiger partial charge < -0.3 is 4.52 Å². The molecule has 0 saturated heterocycles. The Hall–Kier alpha value is -1.04. The van der Waals surface area contributed by atoms with Crippen LogP contribution in [0.4, 0.5) is 13.2 Å². The van der Waals surface area contributed by atoms with Crippen LogP contribution >= 0.6 is 7.82 Å². The van der Waals surface area contributed by atoms with E-state index in [4.69, 9.17) is 13.6 Å². The van der Waals surface area contributed by atoms with Crippen LogP contribution in [0.1, 0.15) is 25.8 Å². The molecule has 0 radical (unpaired) electrons. The molecule has 0 bridgehead atoms. The van der Waals surface area contributed by atoms with Crippen LogP contribution in [0.2, 0.25) is 0 Å². The number of rotatable bonds is 7. The molecule has 1 rings (SSSR count). The highest BCUT2D eigenvalue weighted by Gasteiger charge is 2.29. The van der Waals surface area contributed by atoms with Gasteiger partial charge in [-0.3, -0.25) is 9.05 Å². The summed E-state index contributed by atoms with van der Waals surface area (Å²) in [6.07, 6.45) is -2.97. The van der Waals surface area contributed by atoms with E-state index >= 15 is 0 Å². The van der Waals surface area contributed by atoms with Crippen LogP contribution in [0.15, 0.2) is 18.2 Å². The van der Waals surface area contributed by atoms with Crippen molar-refractivity contribution >= 4 is 7.82 Å². The molecule has 4 nitrogen and oxygen atoms in total. The van der Waals surface area contributed by atoms with Crippen LogP contribution in [0.3, 0.4) is 0 Å². The first kappa shape index (κ1) is 16.0. The minimum Gasteiger partial charge on any atom is -0.403 e. The molecule has 0 aliphatic rings. The molecule has 1 aromatic carbocycles. The number of hydrogen-bond acceptors (Lipinski definition) is 4. The fourth-order valence-corrected chi connectivity index (χ4v) is 2.52. The van der Waals surface area contributed by atoms with Crippen LogP contribution in [-0.4, -0.2) is 13.2 Å². The molecule has 1 aromatic rings. The highest BCUT2D eigenvalue weighted by Crippen LogP contribution is 2.50. The number of halogens is 3. The van der Waals surface area contributed by atoms with Crippen LogP contribution in [0.5, 0.6) is 5.75 Å². The number of hydrogen-bond donors (Lipinski definition) is 0. The Labute approximate surface area is 109 Å². The minimum atomic E-state index is -3.98. The molecule has 0 saturated carbocycles. The summed E-state index contributed by atoms with van der Waals surface area (Å²) in [6.45, 7) is 3.13. The summed E-state index contributed by atoms with van der Waals surface area (Å²) in [5.41, 5.74) is -0.709. The maximum Gasteiger partial charge on any atom is 0.530 e. The third kappa shape index (κ3) is 4.53. The molecule has 0 unspecified atom stereocenters. The van der Waals surface area contributed by atoms with E-state index in [0.717, 1.165) is 12.1 Å². The van der Waals surface area contributed by atoms with Crippen molar-refractivity contribution in [3.05, 3.63) is 29.6 Å². The van der Waals surface area contributed by atoms with Gasteiger partial charge in [0.05, 0.1) is 18.8 Å². The monoisotopic (exact) mass is 298 g/mol. The SMILES string of the molecule is CCOP(=O)(OCC)Oc1ccc(F)cc1C(F)F. The fourth-order valence-electron chi connectivity index (χ4n) is 1.30. The number of phosphoric ester groups is 1. The zero-order valence-electron chi connectivity index (χ0n) is 10.4. The maximum absolute atomic E-state index is 12.9. The number of phosphoric acid groups is 1. The predicted octanol–water partition coefficient (Wildman–Crippen LogP) is 4.32. The van der Waals surface area contributed by atoms with Crippen molar-refractivity contribution < 1.29 is 31.3 Å². The standard InChI is InChI=1S/C11H14F3O4P/c1-3-16-19(15,17-4-2)18-10-6-5-8(12)7-9(10)11(13)14/h5-7,11H,3-4H2,1-2H3. The van der Waals surface area contributed by atoms with Gasteiger partial charge in [0.15, 0.2) is 0 Å². The Kier molecular flexibility index (Phi) is 5.85. The molecular formula is C11H14F3O4P. The smallest absolute Gasteiger partial charge is 0.403 e. The van der Waals surface area contributed by atoms with Gasteiger partial charge in [-0.25, -0.2) is 17.7 Å². The van der Waals surface area contributed by atoms with E-state index < -0.39 is 31.4 Å². The summed E-state index contributed by atoms with van der Waals surface area (Å²) >= 11 is 0. The lowest BCUT2D eigenvalue weighted by atomic mass is 10.2. The van der Waals surface area contributed by atoms with Gasteiger partial charge in [0.2, 0.25) is 0 Å². The largest absolute Gasteiger partial charge is 0.530 e. The molecule has 108 valence electrons. The highest BCUT2D eigenvalue weighted by atomic mass is 31.2. The average Bonchev–Trinajstić information content (AvgIpc) is 2.31. The molecule has 0 heterocycles. The number of benzene rings is 1. The molecular weight excluding hydrogens is 284 g/mol. The summed E-state index contributed by atoms with van der Waals surface area (Å²) < 4.78 is 64.9. The van der Waals surface area contributed by atoms with E-state index in [-0.39, 0.29) is 13.2 Å². The lowest BCUT2D eigenvalue weighted by molar-refractivity contribution is 0.142. The molecule has 0 aliphatic carbocycles. The Bertz CT molecular complexity index is 457. The second-order valence-electron chi connectivity index (χ2n) is 3.36. The third-order valence-corrected chi connectivity index (χ3v) is 3.56. The fraction of sp³-hybridized carbons (Fsp3) is 0.455. The van der Waals surface area contributed by atoms with Crippen LogP contribution in [0.25, 0.3) is 0 Å². The van der Waals surface area contributed by atoms with Crippen molar-refractivity contribution in [3.63, 3.8) is 0 Å². The summed E-state index contributed by atoms with van der Waals surface area (Å²) in [5, 5.41) is 0. The molecule has 19 heavy (non-hydrogen) atoms. The lowest BCUT2D eigenvalue weighted by Crippen LogP contribution is -2.04. The zero-order chi connectivity index (χ0) is 14.5. The maximum atomic E-state index is 12.9. The van der Waals surface area contributed by atoms with Crippen LogP contribution < -0.4 is 4.52 Å². The Morgan fingerprint density at radius 2 is 1.79 bits per heavy atom. The molecule has 0 N–H and O–H groups in total. The Morgan fingerprint density at radius 1 is 1.21 bits per heavy atom. The van der Waals surface area contributed by atoms with E-state index in [9.17, 15) is 17.7 Å². The average molecular weight is 298 g/mol. The van der Waals surface area contributed by atoms with E-state index in [1.54, 1.807) is 13.8 Å². The van der Waals surface area contributed by atoms with Crippen molar-refractivity contribution in [2.24, 2.45) is 0 Å². The number of alkyl halides is 2. The first-order chi connectivity index (χ1) is 8.91. The molecule has 8 heteroatoms. The molecule has 0 aromatic heterocycles. The topological polar surface area (TPSA) is 44.8 Å². The second kappa shape index (κ2) is 6.93. The Balaban J connectivity index is 3.05. The van der Waals surface area contributed by atoms with Gasteiger partial charge in [-0.1, -0.05) is 0 Å². The van der Waals surface area contributed by atoms with Crippen molar-refractivity contribution in [1.82, 2.24) is 0 Å². The highest BCUT2D eigenvalue weighted by molar-refractivity contribution is 7.48. The third-order valence-electron chi connectivity index (χ3n) is 1.99. The first-order valence-electron chi connectivity index (χ1n) is 5.58. The summed E-state index contributed by atoms with van der Waals surface area (Å²) in [4.78, 5) is 0. The molecule has 0 aliphatic heterocycles. The molecule has 0 amide bonds. The zero-order valence-corrected chi connectivity index (χ0v) is 11.3.